The molecule has 0 bridgehead atoms. The molecule has 0 amide bonds. The first-order valence-corrected chi connectivity index (χ1v) is 8.75. The molecule has 3 atom stereocenters. The molecule has 5 nitrogen and oxygen atoms in total. The summed E-state index contributed by atoms with van der Waals surface area (Å²) >= 11 is 0. The minimum Gasteiger partial charge on any atom is -0.314 e. The highest BCUT2D eigenvalue weighted by atomic mass is 32.2. The first-order valence-electron chi connectivity index (χ1n) is 7.03. The second kappa shape index (κ2) is 6.32. The van der Waals surface area contributed by atoms with Crippen LogP contribution >= 0.6 is 0 Å². The Morgan fingerprint density at radius 2 is 1.94 bits per heavy atom. The van der Waals surface area contributed by atoms with Crippen LogP contribution in [-0.4, -0.2) is 39.3 Å². The van der Waals surface area contributed by atoms with Gasteiger partial charge in [0.15, 0.2) is 0 Å². The third-order valence-electron chi connectivity index (χ3n) is 4.23. The Morgan fingerprint density at radius 3 is 2.61 bits per heavy atom. The maximum absolute atomic E-state index is 10.9. The number of sulfonamides is 1. The minimum absolute atomic E-state index is 0.0360. The summed E-state index contributed by atoms with van der Waals surface area (Å²) in [5.74, 6) is 0.690. The van der Waals surface area contributed by atoms with Crippen LogP contribution in [0.25, 0.3) is 0 Å². The van der Waals surface area contributed by atoms with Gasteiger partial charge in [-0.2, -0.15) is 0 Å². The van der Waals surface area contributed by atoms with Crippen molar-refractivity contribution in [2.75, 3.05) is 18.8 Å². The lowest BCUT2D eigenvalue weighted by molar-refractivity contribution is 0.217. The molecule has 3 unspecified atom stereocenters. The fourth-order valence-electron chi connectivity index (χ4n) is 3.36. The van der Waals surface area contributed by atoms with Crippen LogP contribution in [0.3, 0.4) is 0 Å². The Bertz CT molecular complexity index is 352. The van der Waals surface area contributed by atoms with Crippen LogP contribution in [0.1, 0.15) is 38.5 Å². The molecule has 1 aliphatic carbocycles. The molecule has 2 fully saturated rings. The third kappa shape index (κ3) is 4.19. The van der Waals surface area contributed by atoms with Gasteiger partial charge in [-0.25, -0.2) is 13.6 Å². The van der Waals surface area contributed by atoms with Crippen molar-refractivity contribution in [3.05, 3.63) is 0 Å². The van der Waals surface area contributed by atoms with Crippen molar-refractivity contribution >= 4 is 10.0 Å². The lowest BCUT2D eigenvalue weighted by atomic mass is 9.79. The van der Waals surface area contributed by atoms with E-state index in [1.807, 2.05) is 0 Å². The molecule has 2 aliphatic rings. The number of primary sulfonamides is 1. The minimum atomic E-state index is -3.34. The molecule has 18 heavy (non-hydrogen) atoms. The van der Waals surface area contributed by atoms with Crippen molar-refractivity contribution in [1.29, 1.82) is 0 Å². The van der Waals surface area contributed by atoms with Gasteiger partial charge in [0.1, 0.15) is 0 Å². The molecule has 1 saturated carbocycles. The lowest BCUT2D eigenvalue weighted by Crippen LogP contribution is -2.48. The Kier molecular flexibility index (Phi) is 5.00. The van der Waals surface area contributed by atoms with Gasteiger partial charge >= 0.3 is 0 Å². The molecule has 106 valence electrons. The van der Waals surface area contributed by atoms with Crippen LogP contribution in [0.2, 0.25) is 0 Å². The Labute approximate surface area is 110 Å². The van der Waals surface area contributed by atoms with Crippen molar-refractivity contribution in [3.63, 3.8) is 0 Å². The smallest absolute Gasteiger partial charge is 0.210 e. The summed E-state index contributed by atoms with van der Waals surface area (Å²) in [6.45, 7) is 1.61. The third-order valence-corrected chi connectivity index (χ3v) is 5.00. The van der Waals surface area contributed by atoms with Gasteiger partial charge in [0.25, 0.3) is 0 Å². The Hall–Kier alpha value is -0.170. The molecule has 0 aromatic carbocycles. The van der Waals surface area contributed by atoms with Gasteiger partial charge in [-0.15, -0.1) is 0 Å². The first kappa shape index (κ1) is 14.2. The van der Waals surface area contributed by atoms with E-state index in [0.717, 1.165) is 13.0 Å². The number of nitrogens with two attached hydrogens (primary N) is 1. The van der Waals surface area contributed by atoms with E-state index in [-0.39, 0.29) is 5.75 Å². The van der Waals surface area contributed by atoms with E-state index in [2.05, 4.69) is 10.6 Å². The highest BCUT2D eigenvalue weighted by Gasteiger charge is 2.32. The van der Waals surface area contributed by atoms with Gasteiger partial charge in [0, 0.05) is 18.6 Å². The normalized spacial score (nSPS) is 33.7. The SMILES string of the molecule is NS(=O)(=O)CCNC1CCCCC1C1CCCN1. The molecular weight excluding hydrogens is 250 g/mol. The van der Waals surface area contributed by atoms with Crippen LogP contribution < -0.4 is 15.8 Å². The Balaban J connectivity index is 1.83. The summed E-state index contributed by atoms with van der Waals surface area (Å²) in [6.07, 6.45) is 7.49. The molecule has 2 rings (SSSR count). The quantitative estimate of drug-likeness (QED) is 0.668. The van der Waals surface area contributed by atoms with E-state index in [0.29, 0.717) is 24.5 Å². The van der Waals surface area contributed by atoms with Gasteiger partial charge in [-0.1, -0.05) is 12.8 Å². The molecule has 0 aromatic heterocycles. The van der Waals surface area contributed by atoms with Crippen LogP contribution in [-0.2, 0) is 10.0 Å². The summed E-state index contributed by atoms with van der Waals surface area (Å²) in [7, 11) is -3.34. The molecule has 0 aromatic rings. The average molecular weight is 275 g/mol. The largest absolute Gasteiger partial charge is 0.314 e. The average Bonchev–Trinajstić information content (AvgIpc) is 2.81. The van der Waals surface area contributed by atoms with Crippen molar-refractivity contribution in [3.8, 4) is 0 Å². The summed E-state index contributed by atoms with van der Waals surface area (Å²) in [5.41, 5.74) is 0. The van der Waals surface area contributed by atoms with Crippen molar-refractivity contribution in [1.82, 2.24) is 10.6 Å². The van der Waals surface area contributed by atoms with E-state index in [9.17, 15) is 8.42 Å². The predicted octanol–water partition coefficient (Wildman–Crippen LogP) is 0.175. The van der Waals surface area contributed by atoms with Crippen molar-refractivity contribution < 1.29 is 8.42 Å². The maximum atomic E-state index is 10.9. The molecule has 4 N–H and O–H groups in total. The number of hydrogen-bond donors (Lipinski definition) is 3. The second-order valence-corrected chi connectivity index (χ2v) is 7.31. The Morgan fingerprint density at radius 1 is 1.17 bits per heavy atom. The summed E-state index contributed by atoms with van der Waals surface area (Å²) in [5, 5.41) is 12.0. The lowest BCUT2D eigenvalue weighted by Gasteiger charge is -2.36. The number of nitrogens with one attached hydrogen (secondary N) is 2. The van der Waals surface area contributed by atoms with Crippen LogP contribution in [0.15, 0.2) is 0 Å². The summed E-state index contributed by atoms with van der Waals surface area (Å²) in [4.78, 5) is 0. The van der Waals surface area contributed by atoms with Crippen LogP contribution in [0.5, 0.6) is 0 Å². The van der Waals surface area contributed by atoms with Crippen molar-refractivity contribution in [2.45, 2.75) is 50.6 Å². The molecule has 1 saturated heterocycles. The summed E-state index contributed by atoms with van der Waals surface area (Å²) in [6, 6.07) is 1.08. The highest BCUT2D eigenvalue weighted by Crippen LogP contribution is 2.30. The van der Waals surface area contributed by atoms with E-state index in [1.54, 1.807) is 0 Å². The van der Waals surface area contributed by atoms with Crippen LogP contribution in [0, 0.1) is 5.92 Å². The van der Waals surface area contributed by atoms with Gasteiger partial charge in [-0.05, 0) is 38.1 Å². The fourth-order valence-corrected chi connectivity index (χ4v) is 3.76. The van der Waals surface area contributed by atoms with Gasteiger partial charge in [0.05, 0.1) is 5.75 Å². The standard InChI is InChI=1S/C12H25N3O2S/c13-18(16,17)9-8-15-11-5-2-1-4-10(11)12-6-3-7-14-12/h10-12,14-15H,1-9H2,(H2,13,16,17). The van der Waals surface area contributed by atoms with E-state index < -0.39 is 10.0 Å². The molecule has 0 radical (unpaired) electrons. The second-order valence-electron chi connectivity index (χ2n) is 5.58. The van der Waals surface area contributed by atoms with Gasteiger partial charge in [0.2, 0.25) is 10.0 Å². The monoisotopic (exact) mass is 275 g/mol. The topological polar surface area (TPSA) is 84.2 Å². The molecule has 1 aliphatic heterocycles. The first-order chi connectivity index (χ1) is 8.56. The summed E-state index contributed by atoms with van der Waals surface area (Å²) < 4.78 is 21.9. The number of hydrogen-bond acceptors (Lipinski definition) is 4. The molecular formula is C12H25N3O2S. The fraction of sp³-hybridized carbons (Fsp3) is 1.00. The molecule has 1 heterocycles. The molecule has 6 heteroatoms. The maximum Gasteiger partial charge on any atom is 0.210 e. The van der Waals surface area contributed by atoms with E-state index >= 15 is 0 Å². The van der Waals surface area contributed by atoms with E-state index in [4.69, 9.17) is 5.14 Å². The predicted molar refractivity (Wildman–Crippen MR) is 72.7 cm³/mol. The zero-order valence-electron chi connectivity index (χ0n) is 10.9. The van der Waals surface area contributed by atoms with Gasteiger partial charge in [-0.3, -0.25) is 0 Å². The zero-order valence-corrected chi connectivity index (χ0v) is 11.7. The van der Waals surface area contributed by atoms with E-state index in [1.165, 1.54) is 32.1 Å². The number of rotatable bonds is 5. The van der Waals surface area contributed by atoms with Crippen LogP contribution in [0.4, 0.5) is 0 Å². The zero-order chi connectivity index (χ0) is 13.0. The highest BCUT2D eigenvalue weighted by molar-refractivity contribution is 7.89. The van der Waals surface area contributed by atoms with Gasteiger partial charge < -0.3 is 10.6 Å². The molecule has 0 spiro atoms. The van der Waals surface area contributed by atoms with Crippen molar-refractivity contribution in [2.24, 2.45) is 11.1 Å².